The van der Waals surface area contributed by atoms with E-state index >= 15 is 0 Å². The van der Waals surface area contributed by atoms with Gasteiger partial charge in [0.2, 0.25) is 0 Å². The van der Waals surface area contributed by atoms with Crippen LogP contribution in [0.5, 0.6) is 0 Å². The molecule has 19 nitrogen and oxygen atoms in total. The van der Waals surface area contributed by atoms with Crippen molar-refractivity contribution in [2.24, 2.45) is 33.5 Å². The maximum absolute atomic E-state index is 9.90. The predicted molar refractivity (Wildman–Crippen MR) is 418 cm³/mol. The van der Waals surface area contributed by atoms with Gasteiger partial charge in [-0.3, -0.25) is 0 Å². The third kappa shape index (κ3) is 18.3. The number of piperidine rings is 4. The SMILES string of the molecule is CC1(C)CCN(c2ncc(-c3cccc(Cl)c3Cl)nc2CO)CC1.CC1(C)CCN(c2ncc(Sc3ccnc(N)c3Cl)nc2CO)CC1.C[C@@H]1CCCC12CCN(c1ncc(-c3cccc(Cl)c3Cl)nc1CO)CC2.C[C@@H]1CCCC12CCN(c1ncc(-c3ccnc(Cl)c3Cl)nc1CO)CC2. The number of hydrogen-bond acceptors (Lipinski definition) is 20. The molecular formula is C76H92Cl7N15O4S. The fourth-order valence-corrected chi connectivity index (χ4v) is 17.5. The molecule has 4 aliphatic heterocycles. The molecule has 2 spiro atoms. The van der Waals surface area contributed by atoms with Gasteiger partial charge in [-0.2, -0.15) is 0 Å². The molecule has 4 saturated heterocycles. The highest BCUT2D eigenvalue weighted by Gasteiger charge is 2.44. The van der Waals surface area contributed by atoms with Gasteiger partial charge in [-0.1, -0.05) is 184 Å². The molecule has 0 bridgehead atoms. The minimum absolute atomic E-state index is 0.146. The summed E-state index contributed by atoms with van der Waals surface area (Å²) in [6, 6.07) is 14.4. The molecule has 2 saturated carbocycles. The maximum atomic E-state index is 9.90. The lowest BCUT2D eigenvalue weighted by atomic mass is 9.71. The number of benzene rings is 2. The lowest BCUT2D eigenvalue weighted by Crippen LogP contribution is -2.42. The minimum atomic E-state index is -0.162. The normalized spacial score (nSPS) is 19.5. The summed E-state index contributed by atoms with van der Waals surface area (Å²) in [6.45, 7) is 20.9. The first kappa shape index (κ1) is 78.4. The Bertz CT molecular complexity index is 4100. The standard InChI is InChI=1S/C21H25Cl2N3O.C20H24Cl2N4O.C18H21Cl2N3O.C17H22ClN5OS/c1-14-4-3-7-21(14)8-10-26(11-9-21)20-18(13-27)25-17(12-24-20)15-5-2-6-16(22)19(15)23;1-13-3-2-5-20(13)6-9-26(10-7-20)19-16(12-27)25-15(11-24-19)14-4-8-23-18(22)17(14)21;1-18(2)6-8-23(9-7-18)17-15(11-24)22-14(10-21-17)12-4-3-5-13(19)16(12)20;1-17(2)4-7-23(8-5-17)16-11(10-24)22-13(9-21-16)25-12-3-6-20-15(19)14(12)18/h2,5-6,12,14,27H,3-4,7-11,13H2,1H3;4,8,11,13,27H,2-3,5-7,9-10,12H2,1H3;3-5,10,24H,6-9,11H2,1-2H3;3,6,9,24H,4-5,7-8,10H2,1-2H3,(H2,19,20)/t14-;13-;;/m11../s1. The van der Waals surface area contributed by atoms with Crippen LogP contribution in [0.2, 0.25) is 35.3 Å². The summed E-state index contributed by atoms with van der Waals surface area (Å²) in [5.41, 5.74) is 13.8. The lowest BCUT2D eigenvalue weighted by molar-refractivity contribution is 0.161. The second-order valence-electron chi connectivity index (χ2n) is 29.6. The molecular weight excluding hydrogens is 1470 g/mol. The number of anilines is 5. The highest BCUT2D eigenvalue weighted by atomic mass is 35.5. The first-order chi connectivity index (χ1) is 49.4. The van der Waals surface area contributed by atoms with E-state index < -0.39 is 0 Å². The smallest absolute Gasteiger partial charge is 0.152 e. The first-order valence-corrected chi connectivity index (χ1v) is 39.0. The molecule has 27 heteroatoms. The van der Waals surface area contributed by atoms with E-state index in [0.717, 1.165) is 129 Å². The number of pyridine rings is 2. The molecule has 0 radical (unpaired) electrons. The molecule has 2 aliphatic carbocycles. The van der Waals surface area contributed by atoms with Gasteiger partial charge in [0.15, 0.2) is 23.3 Å². The molecule has 6 aliphatic rings. The van der Waals surface area contributed by atoms with E-state index in [1.54, 1.807) is 61.4 Å². The van der Waals surface area contributed by atoms with Crippen molar-refractivity contribution in [2.75, 3.05) is 77.7 Å². The van der Waals surface area contributed by atoms with Crippen molar-refractivity contribution in [1.82, 2.24) is 49.8 Å². The third-order valence-electron chi connectivity index (χ3n) is 22.2. The number of nitrogen functional groups attached to an aromatic ring is 1. The van der Waals surface area contributed by atoms with E-state index in [1.165, 1.54) is 76.0 Å². The van der Waals surface area contributed by atoms with Crippen LogP contribution in [0.4, 0.5) is 29.1 Å². The van der Waals surface area contributed by atoms with E-state index in [4.69, 9.17) is 86.9 Å². The van der Waals surface area contributed by atoms with Crippen molar-refractivity contribution in [3.05, 3.63) is 144 Å². The summed E-state index contributed by atoms with van der Waals surface area (Å²) >= 11 is 44.6. The van der Waals surface area contributed by atoms with Crippen LogP contribution in [0.3, 0.4) is 0 Å². The number of aromatic nitrogens is 10. The van der Waals surface area contributed by atoms with Gasteiger partial charge in [-0.05, 0) is 122 Å². The predicted octanol–water partition coefficient (Wildman–Crippen LogP) is 18.0. The number of hydrogen-bond donors (Lipinski definition) is 5. The molecule has 0 amide bonds. The molecule has 8 aromatic rings. The number of nitrogens with zero attached hydrogens (tertiary/aromatic N) is 14. The quantitative estimate of drug-likeness (QED) is 0.0673. The van der Waals surface area contributed by atoms with Gasteiger partial charge in [0.05, 0.1) is 98.4 Å². The summed E-state index contributed by atoms with van der Waals surface area (Å²) in [4.78, 5) is 54.4. The molecule has 10 heterocycles. The van der Waals surface area contributed by atoms with Crippen molar-refractivity contribution in [1.29, 1.82) is 0 Å². The molecule has 103 heavy (non-hydrogen) atoms. The van der Waals surface area contributed by atoms with Gasteiger partial charge in [-0.25, -0.2) is 49.8 Å². The number of aliphatic hydroxyl groups is 4. The Morgan fingerprint density at radius 2 is 0.786 bits per heavy atom. The van der Waals surface area contributed by atoms with Crippen LogP contribution in [0.1, 0.15) is 154 Å². The van der Waals surface area contributed by atoms with Crippen LogP contribution in [0.15, 0.2) is 95.6 Å². The zero-order valence-corrected chi connectivity index (χ0v) is 65.4. The number of rotatable bonds is 13. The summed E-state index contributed by atoms with van der Waals surface area (Å²) < 4.78 is 0. The molecule has 6 fully saturated rings. The maximum Gasteiger partial charge on any atom is 0.152 e. The Morgan fingerprint density at radius 3 is 1.17 bits per heavy atom. The van der Waals surface area contributed by atoms with Crippen LogP contribution in [0, 0.1) is 33.5 Å². The third-order valence-corrected chi connectivity index (χ3v) is 26.1. The van der Waals surface area contributed by atoms with E-state index in [2.05, 4.69) is 111 Å². The van der Waals surface area contributed by atoms with Crippen LogP contribution in [-0.4, -0.2) is 123 Å². The van der Waals surface area contributed by atoms with Crippen LogP contribution >= 0.6 is 93.0 Å². The fraction of sp³-hybridized carbons (Fsp3) is 0.500. The second kappa shape index (κ2) is 34.5. The zero-order valence-electron chi connectivity index (χ0n) is 59.3. The fourth-order valence-electron chi connectivity index (χ4n) is 15.3. The summed E-state index contributed by atoms with van der Waals surface area (Å²) in [5, 5.41) is 42.8. The van der Waals surface area contributed by atoms with Crippen molar-refractivity contribution in [2.45, 2.75) is 168 Å². The number of halogens is 7. The average Bonchev–Trinajstić information content (AvgIpc) is 1.73. The van der Waals surface area contributed by atoms with Gasteiger partial charge in [0.1, 0.15) is 38.8 Å². The Balaban J connectivity index is 0.000000138. The van der Waals surface area contributed by atoms with Crippen LogP contribution in [-0.2, 0) is 26.4 Å². The van der Waals surface area contributed by atoms with Crippen LogP contribution < -0.4 is 25.3 Å². The van der Waals surface area contributed by atoms with E-state index in [1.807, 2.05) is 24.3 Å². The molecule has 2 aromatic carbocycles. The Kier molecular flexibility index (Phi) is 26.2. The van der Waals surface area contributed by atoms with Crippen molar-refractivity contribution >= 4 is 122 Å². The lowest BCUT2D eigenvalue weighted by Gasteiger charge is -2.43. The van der Waals surface area contributed by atoms with Gasteiger partial charge in [0, 0.05) is 86.3 Å². The molecule has 14 rings (SSSR count). The molecule has 2 atom stereocenters. The molecule has 550 valence electrons. The largest absolute Gasteiger partial charge is 0.390 e. The topological polar surface area (TPSA) is 249 Å². The van der Waals surface area contributed by atoms with E-state index in [9.17, 15) is 20.4 Å². The number of nitrogens with two attached hydrogens (primary N) is 1. The van der Waals surface area contributed by atoms with Crippen molar-refractivity contribution in [3.8, 4) is 33.8 Å². The Morgan fingerprint density at radius 1 is 0.427 bits per heavy atom. The minimum Gasteiger partial charge on any atom is -0.390 e. The summed E-state index contributed by atoms with van der Waals surface area (Å²) in [5.74, 6) is 5.00. The zero-order chi connectivity index (χ0) is 73.4. The van der Waals surface area contributed by atoms with E-state index in [-0.39, 0.29) is 37.4 Å². The van der Waals surface area contributed by atoms with Gasteiger partial charge in [0.25, 0.3) is 0 Å². The van der Waals surface area contributed by atoms with Crippen molar-refractivity contribution in [3.63, 3.8) is 0 Å². The summed E-state index contributed by atoms with van der Waals surface area (Å²) in [7, 11) is 0. The first-order valence-electron chi connectivity index (χ1n) is 35.5. The highest BCUT2D eigenvalue weighted by molar-refractivity contribution is 7.99. The number of aliphatic hydroxyl groups excluding tert-OH is 4. The molecule has 6 aromatic heterocycles. The molecule has 0 unspecified atom stereocenters. The van der Waals surface area contributed by atoms with Gasteiger partial charge >= 0.3 is 0 Å². The highest BCUT2D eigenvalue weighted by Crippen LogP contribution is 2.52. The van der Waals surface area contributed by atoms with E-state index in [0.29, 0.717) is 102 Å². The monoisotopic (exact) mass is 1560 g/mol. The molecule has 6 N–H and O–H groups in total. The average molecular weight is 1560 g/mol. The second-order valence-corrected chi connectivity index (χ2v) is 33.3. The Hall–Kier alpha value is -5.72. The summed E-state index contributed by atoms with van der Waals surface area (Å²) in [6.07, 6.45) is 27.3. The van der Waals surface area contributed by atoms with Crippen molar-refractivity contribution < 1.29 is 20.4 Å². The van der Waals surface area contributed by atoms with Crippen LogP contribution in [0.25, 0.3) is 33.8 Å². The van der Waals surface area contributed by atoms with Gasteiger partial charge in [-0.15, -0.1) is 0 Å². The van der Waals surface area contributed by atoms with Gasteiger partial charge < -0.3 is 45.8 Å². The Labute approximate surface area is 644 Å².